The van der Waals surface area contributed by atoms with Crippen molar-refractivity contribution >= 4 is 11.9 Å². The standard InChI is InChI=1S/C22H21F6N7O2/c1-11-17(15-5-4-14(23)8-29-15)18(33-34(11)3)19(36)35-10-21(24,25)37-12(2)16(35)9-32-20-30-6-13(7-31-20)22(26,27)28/h4-8,12,16H,9-10H2,1-3H3,(H,30,31,32)/t12-,16+/m0/s1. The number of nitrogens with zero attached hydrogens (tertiary/aromatic N) is 6. The van der Waals surface area contributed by atoms with Crippen molar-refractivity contribution in [3.8, 4) is 11.3 Å². The summed E-state index contributed by atoms with van der Waals surface area (Å²) in [5.74, 6) is -1.66. The van der Waals surface area contributed by atoms with Crippen LogP contribution < -0.4 is 5.32 Å². The number of morpholine rings is 1. The van der Waals surface area contributed by atoms with E-state index in [1.807, 2.05) is 0 Å². The smallest absolute Gasteiger partial charge is 0.352 e. The van der Waals surface area contributed by atoms with Crippen LogP contribution in [0.2, 0.25) is 0 Å². The van der Waals surface area contributed by atoms with Gasteiger partial charge in [0.1, 0.15) is 12.4 Å². The topological polar surface area (TPSA) is 98.1 Å². The first-order chi connectivity index (χ1) is 17.3. The van der Waals surface area contributed by atoms with Crippen molar-refractivity contribution in [1.29, 1.82) is 0 Å². The zero-order chi connectivity index (χ0) is 27.1. The molecular formula is C22H21F6N7O2. The number of pyridine rings is 1. The Kier molecular flexibility index (Phi) is 6.83. The lowest BCUT2D eigenvalue weighted by atomic mass is 10.0. The molecule has 9 nitrogen and oxygen atoms in total. The molecule has 1 saturated heterocycles. The van der Waals surface area contributed by atoms with Crippen molar-refractivity contribution < 1.29 is 35.9 Å². The van der Waals surface area contributed by atoms with Crippen LogP contribution in [-0.4, -0.2) is 66.9 Å². The fourth-order valence-electron chi connectivity index (χ4n) is 3.94. The molecule has 3 aromatic rings. The third kappa shape index (κ3) is 5.50. The second kappa shape index (κ2) is 9.61. The minimum absolute atomic E-state index is 0.181. The van der Waals surface area contributed by atoms with E-state index in [1.54, 1.807) is 14.0 Å². The average Bonchev–Trinajstić information content (AvgIpc) is 3.11. The average molecular weight is 529 g/mol. The molecule has 0 saturated carbocycles. The van der Waals surface area contributed by atoms with Gasteiger partial charge in [-0.15, -0.1) is 0 Å². The lowest BCUT2D eigenvalue weighted by molar-refractivity contribution is -0.298. The van der Waals surface area contributed by atoms with Gasteiger partial charge in [-0.05, 0) is 26.0 Å². The van der Waals surface area contributed by atoms with Crippen LogP contribution in [0.4, 0.5) is 32.3 Å². The molecule has 0 bridgehead atoms. The number of ether oxygens (including phenoxy) is 1. The normalized spacial score (nSPS) is 19.6. The molecule has 1 aliphatic rings. The summed E-state index contributed by atoms with van der Waals surface area (Å²) in [5.41, 5.74) is -0.288. The summed E-state index contributed by atoms with van der Waals surface area (Å²) >= 11 is 0. The molecule has 4 heterocycles. The quantitative estimate of drug-likeness (QED) is 0.504. The van der Waals surface area contributed by atoms with Gasteiger partial charge >= 0.3 is 12.3 Å². The number of anilines is 1. The molecule has 198 valence electrons. The predicted molar refractivity (Wildman–Crippen MR) is 117 cm³/mol. The maximum atomic E-state index is 14.4. The number of hydrogen-bond acceptors (Lipinski definition) is 7. The number of carbonyl (C=O) groups is 1. The molecule has 0 aliphatic carbocycles. The van der Waals surface area contributed by atoms with Gasteiger partial charge in [0.15, 0.2) is 5.69 Å². The number of halogens is 6. The van der Waals surface area contributed by atoms with E-state index >= 15 is 0 Å². The first-order valence-corrected chi connectivity index (χ1v) is 10.9. The lowest BCUT2D eigenvalue weighted by Crippen LogP contribution is -2.61. The number of hydrogen-bond donors (Lipinski definition) is 1. The summed E-state index contributed by atoms with van der Waals surface area (Å²) in [6.45, 7) is 1.65. The van der Waals surface area contributed by atoms with Gasteiger partial charge in [-0.1, -0.05) is 0 Å². The first kappa shape index (κ1) is 26.3. The Morgan fingerprint density at radius 2 is 1.86 bits per heavy atom. The molecule has 0 spiro atoms. The largest absolute Gasteiger partial charge is 0.419 e. The van der Waals surface area contributed by atoms with Crippen molar-refractivity contribution in [1.82, 2.24) is 29.6 Å². The summed E-state index contributed by atoms with van der Waals surface area (Å²) < 4.78 is 86.6. The lowest BCUT2D eigenvalue weighted by Gasteiger charge is -2.43. The van der Waals surface area contributed by atoms with Crippen molar-refractivity contribution in [2.45, 2.75) is 38.3 Å². The van der Waals surface area contributed by atoms with E-state index in [0.717, 1.165) is 17.2 Å². The van der Waals surface area contributed by atoms with Gasteiger partial charge < -0.3 is 15.0 Å². The highest BCUT2D eigenvalue weighted by molar-refractivity contribution is 5.99. The Hall–Kier alpha value is -3.75. The van der Waals surface area contributed by atoms with Gasteiger partial charge in [-0.2, -0.15) is 27.1 Å². The molecule has 0 unspecified atom stereocenters. The minimum Gasteiger partial charge on any atom is -0.352 e. The molecule has 0 radical (unpaired) electrons. The molecule has 3 aromatic heterocycles. The summed E-state index contributed by atoms with van der Waals surface area (Å²) in [6, 6.07) is 1.48. The van der Waals surface area contributed by atoms with Gasteiger partial charge in [-0.25, -0.2) is 14.4 Å². The van der Waals surface area contributed by atoms with E-state index in [4.69, 9.17) is 4.74 Å². The molecule has 1 fully saturated rings. The highest BCUT2D eigenvalue weighted by Crippen LogP contribution is 2.33. The van der Waals surface area contributed by atoms with Gasteiger partial charge in [0, 0.05) is 31.7 Å². The number of aryl methyl sites for hydroxylation is 1. The summed E-state index contributed by atoms with van der Waals surface area (Å²) in [7, 11) is 1.55. The summed E-state index contributed by atoms with van der Waals surface area (Å²) in [4.78, 5) is 25.7. The molecular weight excluding hydrogens is 508 g/mol. The number of alkyl halides is 5. The number of carbonyl (C=O) groups excluding carboxylic acids is 1. The van der Waals surface area contributed by atoms with Crippen LogP contribution in [0.3, 0.4) is 0 Å². The number of nitrogens with one attached hydrogen (secondary N) is 1. The Labute approximate surface area is 206 Å². The van der Waals surface area contributed by atoms with Gasteiger partial charge in [0.25, 0.3) is 5.91 Å². The molecule has 15 heteroatoms. The molecule has 1 N–H and O–H groups in total. The summed E-state index contributed by atoms with van der Waals surface area (Å²) in [5, 5.41) is 6.86. The molecule has 37 heavy (non-hydrogen) atoms. The number of amides is 1. The first-order valence-electron chi connectivity index (χ1n) is 10.9. The number of rotatable bonds is 5. The van der Waals surface area contributed by atoms with E-state index < -0.39 is 48.3 Å². The van der Waals surface area contributed by atoms with Crippen molar-refractivity contribution in [2.24, 2.45) is 7.05 Å². The number of aromatic nitrogens is 5. The van der Waals surface area contributed by atoms with Crippen molar-refractivity contribution in [3.05, 3.63) is 53.5 Å². The third-order valence-electron chi connectivity index (χ3n) is 5.88. The van der Waals surface area contributed by atoms with E-state index in [9.17, 15) is 31.1 Å². The van der Waals surface area contributed by atoms with Crippen molar-refractivity contribution in [3.63, 3.8) is 0 Å². The molecule has 4 rings (SSSR count). The Morgan fingerprint density at radius 3 is 2.46 bits per heavy atom. The van der Waals surface area contributed by atoms with Gasteiger partial charge in [-0.3, -0.25) is 14.5 Å². The van der Waals surface area contributed by atoms with Crippen LogP contribution in [0, 0.1) is 12.7 Å². The van der Waals surface area contributed by atoms with E-state index in [2.05, 4.69) is 25.4 Å². The maximum Gasteiger partial charge on any atom is 0.419 e. The highest BCUT2D eigenvalue weighted by Gasteiger charge is 2.48. The predicted octanol–water partition coefficient (Wildman–Crippen LogP) is 3.67. The van der Waals surface area contributed by atoms with Crippen LogP contribution in [-0.2, 0) is 18.0 Å². The van der Waals surface area contributed by atoms with Crippen LogP contribution in [0.15, 0.2) is 30.7 Å². The fraction of sp³-hybridized carbons (Fsp3) is 0.409. The molecule has 2 atom stereocenters. The van der Waals surface area contributed by atoms with E-state index in [0.29, 0.717) is 18.1 Å². The SMILES string of the molecule is Cc1c(-c2ccc(F)cn2)c(C(=O)N2CC(F)(F)O[C@@H](C)[C@H]2CNc2ncc(C(F)(F)F)cn2)nn1C. The van der Waals surface area contributed by atoms with Crippen LogP contribution >= 0.6 is 0 Å². The van der Waals surface area contributed by atoms with Gasteiger partial charge in [0.2, 0.25) is 5.95 Å². The molecule has 1 aliphatic heterocycles. The third-order valence-corrected chi connectivity index (χ3v) is 5.88. The monoisotopic (exact) mass is 529 g/mol. The van der Waals surface area contributed by atoms with Crippen LogP contribution in [0.5, 0.6) is 0 Å². The maximum absolute atomic E-state index is 14.4. The van der Waals surface area contributed by atoms with E-state index in [1.165, 1.54) is 17.7 Å². The van der Waals surface area contributed by atoms with Crippen molar-refractivity contribution in [2.75, 3.05) is 18.4 Å². The van der Waals surface area contributed by atoms with E-state index in [-0.39, 0.29) is 29.4 Å². The Bertz CT molecular complexity index is 1280. The Balaban J connectivity index is 1.64. The molecule has 1 amide bonds. The van der Waals surface area contributed by atoms with Crippen LogP contribution in [0.1, 0.15) is 28.7 Å². The second-order valence-electron chi connectivity index (χ2n) is 8.43. The summed E-state index contributed by atoms with van der Waals surface area (Å²) in [6.07, 6.45) is -7.38. The fourth-order valence-corrected chi connectivity index (χ4v) is 3.94. The Morgan fingerprint density at radius 1 is 1.19 bits per heavy atom. The van der Waals surface area contributed by atoms with Crippen LogP contribution in [0.25, 0.3) is 11.3 Å². The zero-order valence-corrected chi connectivity index (χ0v) is 19.7. The molecule has 0 aromatic carbocycles. The second-order valence-corrected chi connectivity index (χ2v) is 8.43. The van der Waals surface area contributed by atoms with Gasteiger partial charge in [0.05, 0.1) is 35.2 Å². The highest BCUT2D eigenvalue weighted by atomic mass is 19.4. The minimum atomic E-state index is -4.63. The zero-order valence-electron chi connectivity index (χ0n) is 19.7.